The van der Waals surface area contributed by atoms with Crippen LogP contribution in [0, 0.1) is 29.6 Å². The highest BCUT2D eigenvalue weighted by Gasteiger charge is 2.51. The number of piperidine rings is 1. The van der Waals surface area contributed by atoms with Crippen LogP contribution in [0.15, 0.2) is 36.0 Å². The maximum absolute atomic E-state index is 14.4. The average Bonchev–Trinajstić information content (AvgIpc) is 3.24. The van der Waals surface area contributed by atoms with Gasteiger partial charge < -0.3 is 38.8 Å². The molecule has 0 radical (unpaired) electrons. The number of amides is 1. The van der Waals surface area contributed by atoms with Crippen LogP contribution in [0.1, 0.15) is 132 Å². The van der Waals surface area contributed by atoms with E-state index in [9.17, 15) is 29.4 Å². The number of aliphatic hydroxyl groups excluding tert-OH is 2. The summed E-state index contributed by atoms with van der Waals surface area (Å²) in [5, 5.41) is 22.3. The summed E-state index contributed by atoms with van der Waals surface area (Å²) in [5.74, 6) is -3.29. The third-order valence-electron chi connectivity index (χ3n) is 13.6. The van der Waals surface area contributed by atoms with E-state index < -0.39 is 59.5 Å². The van der Waals surface area contributed by atoms with Crippen LogP contribution in [0.2, 0.25) is 0 Å². The van der Waals surface area contributed by atoms with E-state index in [1.807, 2.05) is 32.9 Å². The number of nitrogens with zero attached hydrogens (tertiary/aromatic N) is 1. The molecule has 0 aromatic carbocycles. The molecule has 0 spiro atoms. The summed E-state index contributed by atoms with van der Waals surface area (Å²) >= 11 is 0. The van der Waals surface area contributed by atoms with E-state index in [1.54, 1.807) is 41.3 Å². The summed E-state index contributed by atoms with van der Waals surface area (Å²) in [5.41, 5.74) is 0.427. The first kappa shape index (κ1) is 51.6. The first-order valence-electron chi connectivity index (χ1n) is 22.6. The zero-order valence-electron chi connectivity index (χ0n) is 38.5. The highest BCUT2D eigenvalue weighted by atomic mass is 16.6. The number of aliphatic hydroxyl groups is 2. The second-order valence-electron chi connectivity index (χ2n) is 18.2. The monoisotopic (exact) mass is 846 g/mol. The molecule has 1 aliphatic carbocycles. The predicted octanol–water partition coefficient (Wildman–Crippen LogP) is 7.13. The van der Waals surface area contributed by atoms with Gasteiger partial charge in [0.15, 0.2) is 0 Å². The lowest BCUT2D eigenvalue weighted by molar-refractivity contribution is -0.184. The maximum Gasteiger partial charge on any atom is 0.329 e. The van der Waals surface area contributed by atoms with Gasteiger partial charge in [0, 0.05) is 46.1 Å². The topological polar surface area (TPSA) is 158 Å². The molecule has 0 unspecified atom stereocenters. The number of allylic oxidation sites excluding steroid dienone is 4. The molecule has 3 rings (SSSR count). The molecule has 12 nitrogen and oxygen atoms in total. The molecule has 0 aromatic rings. The van der Waals surface area contributed by atoms with Crippen LogP contribution in [0.25, 0.3) is 0 Å². The number of carbonyl (C=O) groups excluding carboxylic acids is 4. The van der Waals surface area contributed by atoms with Gasteiger partial charge in [-0.15, -0.1) is 6.58 Å². The normalized spacial score (nSPS) is 29.8. The fourth-order valence-corrected chi connectivity index (χ4v) is 9.70. The number of carbonyl (C=O) groups is 4. The Bertz CT molecular complexity index is 1470. The van der Waals surface area contributed by atoms with Crippen molar-refractivity contribution in [1.29, 1.82) is 0 Å². The van der Waals surface area contributed by atoms with Gasteiger partial charge >= 0.3 is 5.97 Å². The quantitative estimate of drug-likeness (QED) is 0.0613. The predicted molar refractivity (Wildman–Crippen MR) is 232 cm³/mol. The molecule has 3 fully saturated rings. The number of hydrogen-bond donors (Lipinski definition) is 2. The lowest BCUT2D eigenvalue weighted by Crippen LogP contribution is -2.60. The Morgan fingerprint density at radius 2 is 1.72 bits per heavy atom. The van der Waals surface area contributed by atoms with Crippen LogP contribution >= 0.6 is 0 Å². The van der Waals surface area contributed by atoms with Crippen molar-refractivity contribution in [2.45, 2.75) is 180 Å². The Labute approximate surface area is 360 Å². The fourth-order valence-electron chi connectivity index (χ4n) is 9.70. The van der Waals surface area contributed by atoms with E-state index in [4.69, 9.17) is 23.7 Å². The van der Waals surface area contributed by atoms with Crippen molar-refractivity contribution >= 4 is 23.4 Å². The zero-order valence-corrected chi connectivity index (χ0v) is 38.5. The standard InChI is InChI=1S/C48H79NO11/c1-12-17-35(23-30(4)22-31(5)24-37(14-3)56-9)42(52)28-41(51)33(7)44(32(6)25-34-19-20-40(50)43(26-34)58-11)60-47(55)39-18-15-16-21-49(39)46(54)45(53)48(8)36(13-2)27-38(57-10)29-59-48/h12,23,25,31,33-41,43-44,50-51H,1,13-22,24,26-29H2,2-11H3/b30-23+,32-25+/t31-,33+,34-,35+,36+,37+,38-,39-,40+,41-,43+,44+,48+/m0/s1. The minimum absolute atomic E-state index is 0.0142. The van der Waals surface area contributed by atoms with E-state index in [1.165, 1.54) is 4.90 Å². The molecule has 1 amide bonds. The molecular formula is C48H79NO11. The average molecular weight is 846 g/mol. The molecule has 3 aliphatic rings. The third-order valence-corrected chi connectivity index (χ3v) is 13.6. The molecule has 13 atom stereocenters. The molecule has 0 aromatic heterocycles. The summed E-state index contributed by atoms with van der Waals surface area (Å²) in [6, 6.07) is -1.01. The number of likely N-dealkylation sites (tertiary alicyclic amines) is 1. The number of rotatable bonds is 23. The molecule has 60 heavy (non-hydrogen) atoms. The van der Waals surface area contributed by atoms with Crippen molar-refractivity contribution in [3.05, 3.63) is 36.0 Å². The SMILES string of the molecule is C=CC[C@H](/C=C(\C)C[C@H](C)C[C@@H](CC)OC)C(=O)C[C@H](O)[C@@H](C)[C@H](OC(=O)[C@@H]1CCCCN1C(=O)C(=O)[C@]1(C)OC[C@@H](OC)C[C@H]1CC)/C(C)=C/[C@@H]1CC[C@@H](O)[C@H](OC)C1. The van der Waals surface area contributed by atoms with Gasteiger partial charge in [-0.05, 0) is 115 Å². The number of ether oxygens (including phenoxy) is 5. The summed E-state index contributed by atoms with van der Waals surface area (Å²) in [4.78, 5) is 57.8. The van der Waals surface area contributed by atoms with Crippen molar-refractivity contribution in [3.8, 4) is 0 Å². The lowest BCUT2D eigenvalue weighted by Gasteiger charge is -2.43. The molecule has 0 bridgehead atoms. The summed E-state index contributed by atoms with van der Waals surface area (Å²) < 4.78 is 29.1. The van der Waals surface area contributed by atoms with Crippen LogP contribution in [0.3, 0.4) is 0 Å². The first-order valence-corrected chi connectivity index (χ1v) is 22.6. The Hall–Kier alpha value is -2.74. The van der Waals surface area contributed by atoms with Gasteiger partial charge in [0.25, 0.3) is 11.7 Å². The van der Waals surface area contributed by atoms with Gasteiger partial charge in [-0.25, -0.2) is 4.79 Å². The molecule has 342 valence electrons. The molecule has 1 saturated carbocycles. The summed E-state index contributed by atoms with van der Waals surface area (Å²) in [6.07, 6.45) is 10.3. The number of methoxy groups -OCH3 is 3. The Morgan fingerprint density at radius 3 is 2.33 bits per heavy atom. The second-order valence-corrected chi connectivity index (χ2v) is 18.2. The number of esters is 1. The highest BCUT2D eigenvalue weighted by molar-refractivity contribution is 6.39. The van der Waals surface area contributed by atoms with Crippen molar-refractivity contribution in [2.75, 3.05) is 34.5 Å². The van der Waals surface area contributed by atoms with Crippen molar-refractivity contribution in [2.24, 2.45) is 29.6 Å². The lowest BCUT2D eigenvalue weighted by atomic mass is 9.77. The van der Waals surface area contributed by atoms with Gasteiger partial charge in [0.2, 0.25) is 0 Å². The minimum atomic E-state index is -1.36. The molecule has 2 heterocycles. The van der Waals surface area contributed by atoms with Crippen LogP contribution in [-0.2, 0) is 42.9 Å². The van der Waals surface area contributed by atoms with E-state index in [2.05, 4.69) is 20.4 Å². The van der Waals surface area contributed by atoms with E-state index in [-0.39, 0.29) is 55.5 Å². The smallest absolute Gasteiger partial charge is 0.329 e. The van der Waals surface area contributed by atoms with Crippen molar-refractivity contribution < 1.29 is 53.1 Å². The Balaban J connectivity index is 1.88. The number of hydrogen-bond acceptors (Lipinski definition) is 11. The van der Waals surface area contributed by atoms with Gasteiger partial charge in [0.1, 0.15) is 23.5 Å². The van der Waals surface area contributed by atoms with Crippen molar-refractivity contribution in [3.63, 3.8) is 0 Å². The van der Waals surface area contributed by atoms with Gasteiger partial charge in [-0.3, -0.25) is 14.4 Å². The van der Waals surface area contributed by atoms with E-state index in [0.29, 0.717) is 69.3 Å². The number of ketones is 2. The fraction of sp³-hybridized carbons (Fsp3) is 0.792. The Morgan fingerprint density at radius 1 is 1.00 bits per heavy atom. The van der Waals surface area contributed by atoms with Crippen LogP contribution < -0.4 is 0 Å². The van der Waals surface area contributed by atoms with Crippen LogP contribution in [0.5, 0.6) is 0 Å². The highest BCUT2D eigenvalue weighted by Crippen LogP contribution is 2.37. The van der Waals surface area contributed by atoms with Gasteiger partial charge in [0.05, 0.1) is 37.1 Å². The number of Topliss-reactive ketones (excluding diaryl/α,β-unsaturated/α-hetero) is 2. The van der Waals surface area contributed by atoms with Crippen LogP contribution in [0.4, 0.5) is 0 Å². The molecule has 2 N–H and O–H groups in total. The molecule has 2 aliphatic heterocycles. The summed E-state index contributed by atoms with van der Waals surface area (Å²) in [7, 11) is 4.91. The largest absolute Gasteiger partial charge is 0.456 e. The molecule has 12 heteroatoms. The minimum Gasteiger partial charge on any atom is -0.456 e. The second kappa shape index (κ2) is 24.8. The van der Waals surface area contributed by atoms with Crippen molar-refractivity contribution in [1.82, 2.24) is 4.90 Å². The van der Waals surface area contributed by atoms with Gasteiger partial charge in [-0.2, -0.15) is 0 Å². The molecular weight excluding hydrogens is 767 g/mol. The van der Waals surface area contributed by atoms with E-state index >= 15 is 0 Å². The van der Waals surface area contributed by atoms with E-state index in [0.717, 1.165) is 24.8 Å². The molecule has 2 saturated heterocycles. The first-order chi connectivity index (χ1) is 28.5. The third kappa shape index (κ3) is 13.9. The Kier molecular flexibility index (Phi) is 21.3. The zero-order chi connectivity index (χ0) is 44.7. The summed E-state index contributed by atoms with van der Waals surface area (Å²) in [6.45, 7) is 17.9. The van der Waals surface area contributed by atoms with Gasteiger partial charge in [-0.1, -0.05) is 57.9 Å². The maximum atomic E-state index is 14.4. The van der Waals surface area contributed by atoms with Crippen LogP contribution in [-0.4, -0.2) is 121 Å².